The fourth-order valence-electron chi connectivity index (χ4n) is 2.99. The maximum Gasteiger partial charge on any atom is 0.254 e. The number of methoxy groups -OCH3 is 1. The zero-order valence-corrected chi connectivity index (χ0v) is 14.1. The topological polar surface area (TPSA) is 56.6 Å². The van der Waals surface area contributed by atoms with Crippen molar-refractivity contribution < 1.29 is 14.3 Å². The van der Waals surface area contributed by atoms with Crippen LogP contribution < -0.4 is 4.74 Å². The molecule has 128 valence electrons. The van der Waals surface area contributed by atoms with Crippen LogP contribution >= 0.6 is 0 Å². The Hall–Kier alpha value is -2.34. The maximum absolute atomic E-state index is 13.1. The highest BCUT2D eigenvalue weighted by molar-refractivity contribution is 5.94. The molecule has 0 fully saturated rings. The van der Waals surface area contributed by atoms with E-state index in [4.69, 9.17) is 9.47 Å². The quantitative estimate of drug-likeness (QED) is 0.845. The van der Waals surface area contributed by atoms with Gasteiger partial charge in [-0.2, -0.15) is 5.10 Å². The van der Waals surface area contributed by atoms with Crippen LogP contribution in [0, 0.1) is 0 Å². The molecule has 0 saturated carbocycles. The fourth-order valence-corrected chi connectivity index (χ4v) is 2.99. The second-order valence-electron chi connectivity index (χ2n) is 5.81. The van der Waals surface area contributed by atoms with E-state index in [1.165, 1.54) is 0 Å². The summed E-state index contributed by atoms with van der Waals surface area (Å²) in [4.78, 5) is 15.0. The summed E-state index contributed by atoms with van der Waals surface area (Å²) in [5.74, 6) is 0.753. The fraction of sp³-hybridized carbons (Fsp3) is 0.444. The third kappa shape index (κ3) is 3.43. The summed E-state index contributed by atoms with van der Waals surface area (Å²) >= 11 is 0. The molecule has 0 bridgehead atoms. The third-order valence-electron chi connectivity index (χ3n) is 4.36. The van der Waals surface area contributed by atoms with Crippen molar-refractivity contribution in [2.45, 2.75) is 32.5 Å². The van der Waals surface area contributed by atoms with Crippen molar-refractivity contribution in [2.75, 3.05) is 20.3 Å². The SMILES string of the molecule is CCOC[C@H]1CCn2nccc2CN1C(=O)c1ccc(OC)cc1. The lowest BCUT2D eigenvalue weighted by Crippen LogP contribution is -2.41. The molecule has 1 aromatic carbocycles. The third-order valence-corrected chi connectivity index (χ3v) is 4.36. The highest BCUT2D eigenvalue weighted by Crippen LogP contribution is 2.21. The number of amides is 1. The van der Waals surface area contributed by atoms with Crippen molar-refractivity contribution in [3.05, 3.63) is 47.8 Å². The van der Waals surface area contributed by atoms with Gasteiger partial charge in [0, 0.05) is 24.9 Å². The molecule has 24 heavy (non-hydrogen) atoms. The lowest BCUT2D eigenvalue weighted by Gasteiger charge is -2.29. The Morgan fingerprint density at radius 3 is 2.79 bits per heavy atom. The second kappa shape index (κ2) is 7.49. The number of rotatable bonds is 5. The Bertz CT molecular complexity index is 681. The van der Waals surface area contributed by atoms with Crippen LogP contribution in [0.25, 0.3) is 0 Å². The van der Waals surface area contributed by atoms with Crippen LogP contribution in [-0.4, -0.2) is 47.0 Å². The van der Waals surface area contributed by atoms with Crippen molar-refractivity contribution >= 4 is 5.91 Å². The first kappa shape index (κ1) is 16.5. The molecule has 1 amide bonds. The molecule has 0 saturated heterocycles. The first-order valence-electron chi connectivity index (χ1n) is 8.26. The van der Waals surface area contributed by atoms with Crippen molar-refractivity contribution in [3.8, 4) is 5.75 Å². The highest BCUT2D eigenvalue weighted by Gasteiger charge is 2.28. The van der Waals surface area contributed by atoms with Gasteiger partial charge in [0.05, 0.1) is 32.0 Å². The zero-order chi connectivity index (χ0) is 16.9. The molecule has 0 spiro atoms. The summed E-state index contributed by atoms with van der Waals surface area (Å²) in [6, 6.07) is 9.25. The Morgan fingerprint density at radius 1 is 1.29 bits per heavy atom. The monoisotopic (exact) mass is 329 g/mol. The number of carbonyl (C=O) groups excluding carboxylic acids is 1. The molecule has 0 radical (unpaired) electrons. The molecular weight excluding hydrogens is 306 g/mol. The molecule has 2 heterocycles. The van der Waals surface area contributed by atoms with Gasteiger partial charge in [0.1, 0.15) is 5.75 Å². The van der Waals surface area contributed by atoms with Gasteiger partial charge >= 0.3 is 0 Å². The van der Waals surface area contributed by atoms with Crippen molar-refractivity contribution in [3.63, 3.8) is 0 Å². The second-order valence-corrected chi connectivity index (χ2v) is 5.81. The standard InChI is InChI=1S/C18H23N3O3/c1-3-24-13-16-9-11-21-15(8-10-19-21)12-20(16)18(22)14-4-6-17(23-2)7-5-14/h4-8,10,16H,3,9,11-13H2,1-2H3/t16-/m1/s1. The molecule has 2 aromatic rings. The van der Waals surface area contributed by atoms with Crippen LogP contribution in [0.3, 0.4) is 0 Å². The van der Waals surface area contributed by atoms with E-state index in [0.29, 0.717) is 25.3 Å². The van der Waals surface area contributed by atoms with Crippen molar-refractivity contribution in [1.29, 1.82) is 0 Å². The molecule has 6 nitrogen and oxygen atoms in total. The van der Waals surface area contributed by atoms with Gasteiger partial charge in [0.15, 0.2) is 0 Å². The molecule has 0 aliphatic carbocycles. The average molecular weight is 329 g/mol. The zero-order valence-electron chi connectivity index (χ0n) is 14.1. The minimum atomic E-state index is 0.0111. The predicted octanol–water partition coefficient (Wildman–Crippen LogP) is 2.34. The molecule has 1 aliphatic rings. The predicted molar refractivity (Wildman–Crippen MR) is 90.0 cm³/mol. The van der Waals surface area contributed by atoms with E-state index in [1.807, 2.05) is 34.7 Å². The van der Waals surface area contributed by atoms with Gasteiger partial charge in [-0.25, -0.2) is 0 Å². The van der Waals surface area contributed by atoms with Gasteiger partial charge in [-0.3, -0.25) is 9.48 Å². The number of hydrogen-bond donors (Lipinski definition) is 0. The molecule has 3 rings (SSSR count). The average Bonchev–Trinajstić information content (AvgIpc) is 3.00. The van der Waals surface area contributed by atoms with Gasteiger partial charge in [0.25, 0.3) is 5.91 Å². The number of ether oxygens (including phenoxy) is 2. The summed E-state index contributed by atoms with van der Waals surface area (Å²) in [7, 11) is 1.62. The maximum atomic E-state index is 13.1. The van der Waals surface area contributed by atoms with Crippen molar-refractivity contribution in [1.82, 2.24) is 14.7 Å². The van der Waals surface area contributed by atoms with Crippen LogP contribution in [0.2, 0.25) is 0 Å². The van der Waals surface area contributed by atoms with E-state index in [9.17, 15) is 4.79 Å². The van der Waals surface area contributed by atoms with E-state index < -0.39 is 0 Å². The summed E-state index contributed by atoms with van der Waals surface area (Å²) < 4.78 is 12.8. The minimum absolute atomic E-state index is 0.0111. The highest BCUT2D eigenvalue weighted by atomic mass is 16.5. The van der Waals surface area contributed by atoms with Crippen LogP contribution in [-0.2, 0) is 17.8 Å². The molecule has 1 atom stereocenters. The minimum Gasteiger partial charge on any atom is -0.497 e. The summed E-state index contributed by atoms with van der Waals surface area (Å²) in [6.07, 6.45) is 2.62. The van der Waals surface area contributed by atoms with Gasteiger partial charge in [-0.15, -0.1) is 0 Å². The number of aromatic nitrogens is 2. The van der Waals surface area contributed by atoms with E-state index in [1.54, 1.807) is 25.4 Å². The van der Waals surface area contributed by atoms with Crippen molar-refractivity contribution in [2.24, 2.45) is 0 Å². The molecule has 0 N–H and O–H groups in total. The summed E-state index contributed by atoms with van der Waals surface area (Å²) in [5.41, 5.74) is 1.71. The number of hydrogen-bond acceptors (Lipinski definition) is 4. The number of benzene rings is 1. The first-order chi connectivity index (χ1) is 11.7. The van der Waals surface area contributed by atoms with Crippen LogP contribution in [0.1, 0.15) is 29.4 Å². The molecule has 1 aromatic heterocycles. The van der Waals surface area contributed by atoms with E-state index in [0.717, 1.165) is 24.4 Å². The summed E-state index contributed by atoms with van der Waals surface area (Å²) in [5, 5.41) is 4.34. The van der Waals surface area contributed by atoms with Crippen LogP contribution in [0.5, 0.6) is 5.75 Å². The van der Waals surface area contributed by atoms with Gasteiger partial charge in [-0.1, -0.05) is 0 Å². The number of nitrogens with zero attached hydrogens (tertiary/aromatic N) is 3. The largest absolute Gasteiger partial charge is 0.497 e. The van der Waals surface area contributed by atoms with E-state index in [-0.39, 0.29) is 11.9 Å². The normalized spacial score (nSPS) is 17.2. The van der Waals surface area contributed by atoms with Gasteiger partial charge in [-0.05, 0) is 43.7 Å². The van der Waals surface area contributed by atoms with E-state index in [2.05, 4.69) is 5.10 Å². The molecule has 6 heteroatoms. The Morgan fingerprint density at radius 2 is 2.08 bits per heavy atom. The lowest BCUT2D eigenvalue weighted by molar-refractivity contribution is 0.0422. The Balaban J connectivity index is 1.85. The van der Waals surface area contributed by atoms with E-state index >= 15 is 0 Å². The Labute approximate surface area is 142 Å². The van der Waals surface area contributed by atoms with Crippen LogP contribution in [0.15, 0.2) is 36.5 Å². The lowest BCUT2D eigenvalue weighted by atomic mass is 10.1. The first-order valence-corrected chi connectivity index (χ1v) is 8.26. The van der Waals surface area contributed by atoms with Crippen LogP contribution in [0.4, 0.5) is 0 Å². The molecule has 1 aliphatic heterocycles. The number of fused-ring (bicyclic) bond motifs is 1. The number of carbonyl (C=O) groups is 1. The van der Waals surface area contributed by atoms with Gasteiger partial charge < -0.3 is 14.4 Å². The smallest absolute Gasteiger partial charge is 0.254 e. The molecule has 0 unspecified atom stereocenters. The Kier molecular flexibility index (Phi) is 5.15. The number of aryl methyl sites for hydroxylation is 1. The summed E-state index contributed by atoms with van der Waals surface area (Å²) in [6.45, 7) is 4.50. The molecular formula is C18H23N3O3. The van der Waals surface area contributed by atoms with Gasteiger partial charge in [0.2, 0.25) is 0 Å².